The van der Waals surface area contributed by atoms with Crippen LogP contribution in [0.25, 0.3) is 10.8 Å². The first kappa shape index (κ1) is 28.4. The maximum Gasteiger partial charge on any atom is 0.262 e. The number of hydrogen-bond donors (Lipinski definition) is 3. The number of unbranched alkanes of at least 4 members (excludes halogenated alkanes) is 2. The SMILES string of the molecule is CCCCCS(=O)(=O)Nc1cccc2c(S(=O)(=O)Nc3ccc(NC(=O)C(C)(C)CF)cc3)cccc12. The van der Waals surface area contributed by atoms with Gasteiger partial charge in [0.1, 0.15) is 6.67 Å². The van der Waals surface area contributed by atoms with Crippen LogP contribution in [-0.2, 0) is 24.8 Å². The number of carbonyl (C=O) groups excluding carboxylic acids is 1. The highest BCUT2D eigenvalue weighted by molar-refractivity contribution is 7.93. The van der Waals surface area contributed by atoms with E-state index in [9.17, 15) is 26.0 Å². The smallest absolute Gasteiger partial charge is 0.262 e. The number of sulfonamides is 2. The van der Waals surface area contributed by atoms with Crippen LogP contribution in [0.3, 0.4) is 0 Å². The molecule has 0 spiro atoms. The molecule has 0 aliphatic rings. The standard InChI is InChI=1S/C26H32FN3O5S2/c1-4-5-6-17-36(32,33)30-23-11-7-10-22-21(23)9-8-12-24(22)37(34,35)29-20-15-13-19(14-16-20)28-25(31)26(2,3)18-27/h7-16,29-30H,4-6,17-18H2,1-3H3,(H,28,31). The zero-order valence-electron chi connectivity index (χ0n) is 21.0. The van der Waals surface area contributed by atoms with Gasteiger partial charge in [-0.3, -0.25) is 14.2 Å². The number of anilines is 3. The Morgan fingerprint density at radius 2 is 1.46 bits per heavy atom. The van der Waals surface area contributed by atoms with Gasteiger partial charge in [0.2, 0.25) is 15.9 Å². The number of nitrogens with one attached hydrogen (secondary N) is 3. The van der Waals surface area contributed by atoms with Gasteiger partial charge in [-0.05, 0) is 56.7 Å². The summed E-state index contributed by atoms with van der Waals surface area (Å²) in [5.74, 6) is -0.505. The van der Waals surface area contributed by atoms with E-state index in [0.29, 0.717) is 28.6 Å². The normalized spacial score (nSPS) is 12.3. The average Bonchev–Trinajstić information content (AvgIpc) is 2.84. The Bertz CT molecular complexity index is 1470. The number of benzene rings is 3. The van der Waals surface area contributed by atoms with Crippen LogP contribution in [0.4, 0.5) is 21.5 Å². The molecule has 11 heteroatoms. The van der Waals surface area contributed by atoms with Crippen LogP contribution in [0, 0.1) is 5.41 Å². The quantitative estimate of drug-likeness (QED) is 0.257. The lowest BCUT2D eigenvalue weighted by atomic mass is 9.94. The molecule has 0 saturated carbocycles. The molecule has 3 aromatic carbocycles. The van der Waals surface area contributed by atoms with Crippen molar-refractivity contribution in [3.8, 4) is 0 Å². The van der Waals surface area contributed by atoms with E-state index < -0.39 is 38.0 Å². The minimum Gasteiger partial charge on any atom is -0.326 e. The first-order valence-electron chi connectivity index (χ1n) is 11.9. The fourth-order valence-corrected chi connectivity index (χ4v) is 6.04. The Balaban J connectivity index is 1.84. The monoisotopic (exact) mass is 549 g/mol. The summed E-state index contributed by atoms with van der Waals surface area (Å²) in [6.45, 7) is 4.14. The fourth-order valence-electron chi connectivity index (χ4n) is 3.56. The highest BCUT2D eigenvalue weighted by Crippen LogP contribution is 2.31. The summed E-state index contributed by atoms with van der Waals surface area (Å²) in [5.41, 5.74) is -0.220. The lowest BCUT2D eigenvalue weighted by Crippen LogP contribution is -2.32. The summed E-state index contributed by atoms with van der Waals surface area (Å²) in [4.78, 5) is 12.1. The molecule has 0 unspecified atom stereocenters. The Hall–Kier alpha value is -3.18. The highest BCUT2D eigenvalue weighted by Gasteiger charge is 2.27. The number of halogens is 1. The van der Waals surface area contributed by atoms with Crippen LogP contribution in [0.1, 0.15) is 40.0 Å². The Morgan fingerprint density at radius 3 is 2.11 bits per heavy atom. The maximum absolute atomic E-state index is 13.3. The van der Waals surface area contributed by atoms with Gasteiger partial charge in [0, 0.05) is 22.1 Å². The van der Waals surface area contributed by atoms with Crippen molar-refractivity contribution in [1.29, 1.82) is 0 Å². The molecule has 3 aromatic rings. The minimum absolute atomic E-state index is 0.0147. The highest BCUT2D eigenvalue weighted by atomic mass is 32.2. The van der Waals surface area contributed by atoms with E-state index in [-0.39, 0.29) is 16.3 Å². The summed E-state index contributed by atoms with van der Waals surface area (Å²) in [5, 5.41) is 3.43. The van der Waals surface area contributed by atoms with Crippen LogP contribution >= 0.6 is 0 Å². The van der Waals surface area contributed by atoms with Crippen molar-refractivity contribution in [1.82, 2.24) is 0 Å². The van der Waals surface area contributed by atoms with Gasteiger partial charge in [0.05, 0.1) is 21.8 Å². The Kier molecular flexibility index (Phi) is 8.80. The number of hydrogen-bond acceptors (Lipinski definition) is 5. The molecule has 0 radical (unpaired) electrons. The third-order valence-corrected chi connectivity index (χ3v) is 8.59. The molecule has 37 heavy (non-hydrogen) atoms. The maximum atomic E-state index is 13.3. The van der Waals surface area contributed by atoms with E-state index >= 15 is 0 Å². The van der Waals surface area contributed by atoms with Gasteiger partial charge < -0.3 is 5.32 Å². The van der Waals surface area contributed by atoms with E-state index in [1.54, 1.807) is 30.3 Å². The molecular formula is C26H32FN3O5S2. The molecule has 200 valence electrons. The zero-order valence-corrected chi connectivity index (χ0v) is 22.7. The van der Waals surface area contributed by atoms with Crippen LogP contribution in [0.2, 0.25) is 0 Å². The van der Waals surface area contributed by atoms with Crippen LogP contribution in [0.5, 0.6) is 0 Å². The first-order valence-corrected chi connectivity index (χ1v) is 15.0. The number of alkyl halides is 1. The second-order valence-electron chi connectivity index (χ2n) is 9.44. The summed E-state index contributed by atoms with van der Waals surface area (Å²) in [6.07, 6.45) is 2.23. The van der Waals surface area contributed by atoms with E-state index in [2.05, 4.69) is 14.8 Å². The van der Waals surface area contributed by atoms with Crippen molar-refractivity contribution in [3.63, 3.8) is 0 Å². The third-order valence-electron chi connectivity index (χ3n) is 5.80. The van der Waals surface area contributed by atoms with E-state index in [4.69, 9.17) is 0 Å². The molecule has 0 fully saturated rings. The molecule has 0 atom stereocenters. The van der Waals surface area contributed by atoms with Crippen LogP contribution < -0.4 is 14.8 Å². The number of fused-ring (bicyclic) bond motifs is 1. The van der Waals surface area contributed by atoms with Crippen molar-refractivity contribution >= 4 is 53.8 Å². The third kappa shape index (κ3) is 7.20. The minimum atomic E-state index is -4.05. The molecular weight excluding hydrogens is 517 g/mol. The first-order chi connectivity index (χ1) is 17.4. The van der Waals surface area contributed by atoms with E-state index in [0.717, 1.165) is 12.8 Å². The Morgan fingerprint density at radius 1 is 0.838 bits per heavy atom. The second kappa shape index (κ2) is 11.5. The molecule has 0 bridgehead atoms. The van der Waals surface area contributed by atoms with Crippen molar-refractivity contribution in [2.45, 2.75) is 44.9 Å². The summed E-state index contributed by atoms with van der Waals surface area (Å²) < 4.78 is 69.7. The van der Waals surface area contributed by atoms with Gasteiger partial charge in [-0.15, -0.1) is 0 Å². The molecule has 0 aliphatic heterocycles. The van der Waals surface area contributed by atoms with Crippen molar-refractivity contribution in [2.75, 3.05) is 27.2 Å². The van der Waals surface area contributed by atoms with Crippen molar-refractivity contribution < 1.29 is 26.0 Å². The number of rotatable bonds is 12. The lowest BCUT2D eigenvalue weighted by Gasteiger charge is -2.19. The molecule has 1 amide bonds. The molecule has 3 N–H and O–H groups in total. The predicted octanol–water partition coefficient (Wildman–Crippen LogP) is 5.51. The van der Waals surface area contributed by atoms with Crippen molar-refractivity contribution in [3.05, 3.63) is 60.7 Å². The summed E-state index contributed by atoms with van der Waals surface area (Å²) in [6, 6.07) is 15.5. The van der Waals surface area contributed by atoms with E-state index in [1.165, 1.54) is 44.2 Å². The van der Waals surface area contributed by atoms with Gasteiger partial charge >= 0.3 is 0 Å². The molecule has 0 aromatic heterocycles. The number of carbonyl (C=O) groups is 1. The van der Waals surface area contributed by atoms with Gasteiger partial charge in [0.25, 0.3) is 10.0 Å². The zero-order chi connectivity index (χ0) is 27.3. The van der Waals surface area contributed by atoms with Crippen LogP contribution in [0.15, 0.2) is 65.6 Å². The molecule has 0 aliphatic carbocycles. The number of amides is 1. The molecule has 8 nitrogen and oxygen atoms in total. The van der Waals surface area contributed by atoms with Gasteiger partial charge in [-0.2, -0.15) is 0 Å². The summed E-state index contributed by atoms with van der Waals surface area (Å²) in [7, 11) is -7.63. The predicted molar refractivity (Wildman–Crippen MR) is 147 cm³/mol. The fraction of sp³-hybridized carbons (Fsp3) is 0.346. The lowest BCUT2D eigenvalue weighted by molar-refractivity contribution is -0.124. The average molecular weight is 550 g/mol. The largest absolute Gasteiger partial charge is 0.326 e. The summed E-state index contributed by atoms with van der Waals surface area (Å²) >= 11 is 0. The van der Waals surface area contributed by atoms with Gasteiger partial charge in [-0.25, -0.2) is 21.2 Å². The van der Waals surface area contributed by atoms with Crippen molar-refractivity contribution in [2.24, 2.45) is 5.41 Å². The molecule has 3 rings (SSSR count). The van der Waals surface area contributed by atoms with E-state index in [1.807, 2.05) is 6.92 Å². The van der Waals surface area contributed by atoms with Crippen LogP contribution in [-0.4, -0.2) is 35.2 Å². The Labute approximate surface area is 217 Å². The van der Waals surface area contributed by atoms with Gasteiger partial charge in [-0.1, -0.05) is 44.0 Å². The molecule has 0 heterocycles. The second-order valence-corrected chi connectivity index (χ2v) is 12.9. The topological polar surface area (TPSA) is 121 Å². The molecule has 0 saturated heterocycles. The van der Waals surface area contributed by atoms with Gasteiger partial charge in [0.15, 0.2) is 0 Å².